The molecule has 0 amide bonds. The highest BCUT2D eigenvalue weighted by Gasteiger charge is 2.20. The molecule has 1 heterocycles. The van der Waals surface area contributed by atoms with Gasteiger partial charge in [0.1, 0.15) is 0 Å². The monoisotopic (exact) mass is 206 g/mol. The van der Waals surface area contributed by atoms with Gasteiger partial charge >= 0.3 is 0 Å². The Hall–Kier alpha value is -1.09. The lowest BCUT2D eigenvalue weighted by molar-refractivity contribution is 0.648. The van der Waals surface area contributed by atoms with Crippen LogP contribution in [-0.2, 0) is 13.1 Å². The fraction of sp³-hybridized carbons (Fsp3) is 0.583. The van der Waals surface area contributed by atoms with Crippen LogP contribution in [0, 0.1) is 6.92 Å². The predicted molar refractivity (Wildman–Crippen MR) is 61.0 cm³/mol. The zero-order chi connectivity index (χ0) is 10.8. The van der Waals surface area contributed by atoms with Gasteiger partial charge in [0.25, 0.3) is 5.56 Å². The number of hydrogen-bond donors (Lipinski definition) is 1. The van der Waals surface area contributed by atoms with Crippen molar-refractivity contribution in [2.75, 3.05) is 0 Å². The molecule has 0 bridgehead atoms. The predicted octanol–water partition coefficient (Wildman–Crippen LogP) is 1.43. The van der Waals surface area contributed by atoms with E-state index in [-0.39, 0.29) is 5.56 Å². The smallest absolute Gasteiger partial charge is 0.255 e. The van der Waals surface area contributed by atoms with Gasteiger partial charge in [-0.2, -0.15) is 0 Å². The number of hydrogen-bond acceptors (Lipinski definition) is 2. The quantitative estimate of drug-likeness (QED) is 0.808. The van der Waals surface area contributed by atoms with Gasteiger partial charge in [-0.15, -0.1) is 0 Å². The zero-order valence-electron chi connectivity index (χ0n) is 9.42. The van der Waals surface area contributed by atoms with Gasteiger partial charge in [0, 0.05) is 30.4 Å². The van der Waals surface area contributed by atoms with Gasteiger partial charge in [0.15, 0.2) is 0 Å². The molecule has 3 heteroatoms. The van der Waals surface area contributed by atoms with E-state index in [0.29, 0.717) is 12.6 Å². The van der Waals surface area contributed by atoms with Crippen LogP contribution < -0.4 is 10.9 Å². The van der Waals surface area contributed by atoms with Crippen molar-refractivity contribution < 1.29 is 0 Å². The van der Waals surface area contributed by atoms with Gasteiger partial charge in [0.2, 0.25) is 0 Å². The first-order chi connectivity index (χ1) is 7.22. The SMILES string of the molecule is CCn1c(C)ccc(CNC2CC2)c1=O. The van der Waals surface area contributed by atoms with Gasteiger partial charge in [-0.25, -0.2) is 0 Å². The topological polar surface area (TPSA) is 34.0 Å². The lowest BCUT2D eigenvalue weighted by atomic mass is 10.2. The standard InChI is InChI=1S/C12H18N2O/c1-3-14-9(2)4-5-10(12(14)15)8-13-11-6-7-11/h4-5,11,13H,3,6-8H2,1-2H3. The second-order valence-corrected chi connectivity index (χ2v) is 4.20. The normalized spacial score (nSPS) is 15.6. The van der Waals surface area contributed by atoms with Crippen molar-refractivity contribution >= 4 is 0 Å². The highest BCUT2D eigenvalue weighted by Crippen LogP contribution is 2.18. The minimum atomic E-state index is 0.158. The first kappa shape index (κ1) is 10.4. The molecule has 1 N–H and O–H groups in total. The maximum absolute atomic E-state index is 12.0. The van der Waals surface area contributed by atoms with Crippen molar-refractivity contribution in [3.63, 3.8) is 0 Å². The Balaban J connectivity index is 2.19. The molecule has 0 aromatic carbocycles. The van der Waals surface area contributed by atoms with E-state index in [0.717, 1.165) is 17.8 Å². The van der Waals surface area contributed by atoms with Crippen molar-refractivity contribution in [3.05, 3.63) is 33.7 Å². The maximum Gasteiger partial charge on any atom is 0.255 e. The van der Waals surface area contributed by atoms with Crippen LogP contribution >= 0.6 is 0 Å². The molecule has 3 nitrogen and oxygen atoms in total. The summed E-state index contributed by atoms with van der Waals surface area (Å²) in [4.78, 5) is 12.0. The summed E-state index contributed by atoms with van der Waals surface area (Å²) in [5, 5.41) is 3.37. The largest absolute Gasteiger partial charge is 0.313 e. The molecule has 15 heavy (non-hydrogen) atoms. The molecule has 0 radical (unpaired) electrons. The van der Waals surface area contributed by atoms with E-state index in [1.54, 1.807) is 0 Å². The number of nitrogens with one attached hydrogen (secondary N) is 1. The summed E-state index contributed by atoms with van der Waals surface area (Å²) < 4.78 is 1.82. The fourth-order valence-corrected chi connectivity index (χ4v) is 1.79. The van der Waals surface area contributed by atoms with Crippen LogP contribution in [0.4, 0.5) is 0 Å². The molecule has 0 aliphatic heterocycles. The number of nitrogens with zero attached hydrogens (tertiary/aromatic N) is 1. The van der Waals surface area contributed by atoms with E-state index in [2.05, 4.69) is 5.32 Å². The lowest BCUT2D eigenvalue weighted by Gasteiger charge is -2.09. The first-order valence-electron chi connectivity index (χ1n) is 5.65. The maximum atomic E-state index is 12.0. The van der Waals surface area contributed by atoms with Crippen molar-refractivity contribution in [1.82, 2.24) is 9.88 Å². The number of aromatic nitrogens is 1. The van der Waals surface area contributed by atoms with Crippen LogP contribution in [0.1, 0.15) is 31.0 Å². The van der Waals surface area contributed by atoms with Crippen LogP contribution in [0.25, 0.3) is 0 Å². The molecule has 82 valence electrons. The third-order valence-corrected chi connectivity index (χ3v) is 2.95. The molecule has 1 aromatic rings. The summed E-state index contributed by atoms with van der Waals surface area (Å²) in [7, 11) is 0. The third-order valence-electron chi connectivity index (χ3n) is 2.95. The van der Waals surface area contributed by atoms with Gasteiger partial charge in [0.05, 0.1) is 0 Å². The van der Waals surface area contributed by atoms with Crippen LogP contribution in [0.3, 0.4) is 0 Å². The minimum Gasteiger partial charge on any atom is -0.313 e. The van der Waals surface area contributed by atoms with E-state index >= 15 is 0 Å². The summed E-state index contributed by atoms with van der Waals surface area (Å²) >= 11 is 0. The van der Waals surface area contributed by atoms with Crippen LogP contribution in [-0.4, -0.2) is 10.6 Å². The molecule has 0 unspecified atom stereocenters. The summed E-state index contributed by atoms with van der Waals surface area (Å²) in [6.07, 6.45) is 2.52. The molecule has 2 rings (SSSR count). The van der Waals surface area contributed by atoms with Gasteiger partial charge in [-0.05, 0) is 32.8 Å². The molecular weight excluding hydrogens is 188 g/mol. The summed E-state index contributed by atoms with van der Waals surface area (Å²) in [6, 6.07) is 4.62. The molecule has 0 saturated heterocycles. The van der Waals surface area contributed by atoms with Crippen molar-refractivity contribution in [2.24, 2.45) is 0 Å². The summed E-state index contributed by atoms with van der Waals surface area (Å²) in [6.45, 7) is 5.45. The van der Waals surface area contributed by atoms with Gasteiger partial charge < -0.3 is 9.88 Å². The molecule has 1 aliphatic rings. The Morgan fingerprint density at radius 1 is 1.47 bits per heavy atom. The number of pyridine rings is 1. The highest BCUT2D eigenvalue weighted by molar-refractivity contribution is 5.15. The van der Waals surface area contributed by atoms with Crippen LogP contribution in [0.5, 0.6) is 0 Å². The Morgan fingerprint density at radius 3 is 2.80 bits per heavy atom. The van der Waals surface area contributed by atoms with E-state index in [4.69, 9.17) is 0 Å². The number of rotatable bonds is 4. The Labute approximate surface area is 90.1 Å². The Kier molecular flexibility index (Phi) is 2.91. The average Bonchev–Trinajstić information content (AvgIpc) is 3.01. The average molecular weight is 206 g/mol. The van der Waals surface area contributed by atoms with E-state index in [1.165, 1.54) is 12.8 Å². The molecule has 1 saturated carbocycles. The van der Waals surface area contributed by atoms with E-state index in [1.807, 2.05) is 30.5 Å². The van der Waals surface area contributed by atoms with E-state index < -0.39 is 0 Å². The molecule has 0 spiro atoms. The van der Waals surface area contributed by atoms with Crippen molar-refractivity contribution in [2.45, 2.75) is 45.8 Å². The molecule has 1 fully saturated rings. The summed E-state index contributed by atoms with van der Waals surface area (Å²) in [5.41, 5.74) is 2.08. The van der Waals surface area contributed by atoms with Crippen molar-refractivity contribution in [3.8, 4) is 0 Å². The van der Waals surface area contributed by atoms with E-state index in [9.17, 15) is 4.79 Å². The molecule has 0 atom stereocenters. The van der Waals surface area contributed by atoms with Crippen LogP contribution in [0.2, 0.25) is 0 Å². The molecular formula is C12H18N2O. The zero-order valence-corrected chi connectivity index (χ0v) is 9.42. The second-order valence-electron chi connectivity index (χ2n) is 4.20. The van der Waals surface area contributed by atoms with Gasteiger partial charge in [-0.1, -0.05) is 6.07 Å². The molecule has 1 aromatic heterocycles. The van der Waals surface area contributed by atoms with Crippen molar-refractivity contribution in [1.29, 1.82) is 0 Å². The Bertz CT molecular complexity index is 405. The van der Waals surface area contributed by atoms with Gasteiger partial charge in [-0.3, -0.25) is 4.79 Å². The summed E-state index contributed by atoms with van der Waals surface area (Å²) in [5.74, 6) is 0. The third kappa shape index (κ3) is 2.29. The molecule has 1 aliphatic carbocycles. The fourth-order valence-electron chi connectivity index (χ4n) is 1.79. The Morgan fingerprint density at radius 2 is 2.20 bits per heavy atom. The van der Waals surface area contributed by atoms with Crippen LogP contribution in [0.15, 0.2) is 16.9 Å². The second kappa shape index (κ2) is 4.19. The first-order valence-corrected chi connectivity index (χ1v) is 5.65. The lowest BCUT2D eigenvalue weighted by Crippen LogP contribution is -2.28. The number of aryl methyl sites for hydroxylation is 1. The minimum absolute atomic E-state index is 0.158. The highest BCUT2D eigenvalue weighted by atomic mass is 16.1.